The summed E-state index contributed by atoms with van der Waals surface area (Å²) in [6.07, 6.45) is 3.32. The Balaban J connectivity index is 0.987. The number of hydrogen-bond donors (Lipinski definition) is 1. The molecule has 3 aliphatic rings. The molecule has 276 valence electrons. The molecule has 6 aromatic rings. The molecular weight excluding hydrogens is 703 g/mol. The third kappa shape index (κ3) is 6.42. The molecular formula is C42H41N5O6S. The van der Waals surface area contributed by atoms with Crippen molar-refractivity contribution in [2.45, 2.75) is 69.0 Å². The van der Waals surface area contributed by atoms with Crippen LogP contribution in [0, 0.1) is 5.92 Å². The summed E-state index contributed by atoms with van der Waals surface area (Å²) >= 11 is 0. The fourth-order valence-electron chi connectivity index (χ4n) is 8.44. The average molecular weight is 744 g/mol. The van der Waals surface area contributed by atoms with Gasteiger partial charge in [0.15, 0.2) is 17.7 Å². The number of nitrogens with zero attached hydrogens (tertiary/aromatic N) is 4. The molecule has 4 heterocycles. The summed E-state index contributed by atoms with van der Waals surface area (Å²) in [5.41, 5.74) is 5.87. The van der Waals surface area contributed by atoms with Crippen LogP contribution in [0.3, 0.4) is 0 Å². The monoisotopic (exact) mass is 743 g/mol. The van der Waals surface area contributed by atoms with Crippen molar-refractivity contribution in [1.82, 2.24) is 24.2 Å². The normalized spacial score (nSPS) is 22.4. The summed E-state index contributed by atoms with van der Waals surface area (Å²) in [7, 11) is -4.44. The van der Waals surface area contributed by atoms with Crippen molar-refractivity contribution in [2.24, 2.45) is 5.92 Å². The molecule has 0 radical (unpaired) electrons. The van der Waals surface area contributed by atoms with Crippen molar-refractivity contribution in [1.29, 1.82) is 0 Å². The predicted octanol–water partition coefficient (Wildman–Crippen LogP) is 6.04. The van der Waals surface area contributed by atoms with Crippen LogP contribution in [0.5, 0.6) is 0 Å². The minimum atomic E-state index is -4.44. The highest BCUT2D eigenvalue weighted by Gasteiger charge is 2.56. The van der Waals surface area contributed by atoms with E-state index in [2.05, 4.69) is 39.0 Å². The first-order valence-electron chi connectivity index (χ1n) is 18.3. The number of fused-ring (bicyclic) bond motifs is 3. The zero-order valence-electron chi connectivity index (χ0n) is 30.0. The van der Waals surface area contributed by atoms with Gasteiger partial charge in [0.1, 0.15) is 35.7 Å². The van der Waals surface area contributed by atoms with Gasteiger partial charge in [-0.15, -0.1) is 0 Å². The van der Waals surface area contributed by atoms with Crippen molar-refractivity contribution in [3.8, 4) is 0 Å². The number of hydrogen-bond acceptors (Lipinski definition) is 9. The summed E-state index contributed by atoms with van der Waals surface area (Å²) in [5.74, 6) is -0.518. The van der Waals surface area contributed by atoms with Crippen LogP contribution in [0.15, 0.2) is 128 Å². The second-order valence-electron chi connectivity index (χ2n) is 14.7. The number of nitrogens with one attached hydrogen (secondary N) is 1. The topological polar surface area (TPSA) is 127 Å². The quantitative estimate of drug-likeness (QED) is 0.158. The SMILES string of the molecule is CC1(C)O[C@@H]2[C@H](O1)[C@@H](COS(=O)(=O)NC(c1ccccc1)(c1ccccc1)c1ccccc1)O[C@@H]2n1cnc2c(CC3Cc4ccccc4C3)ncnc21. The van der Waals surface area contributed by atoms with E-state index in [4.69, 9.17) is 23.4 Å². The molecule has 11 nitrogen and oxygen atoms in total. The van der Waals surface area contributed by atoms with Crippen LogP contribution in [0.2, 0.25) is 0 Å². The summed E-state index contributed by atoms with van der Waals surface area (Å²) in [5, 5.41) is 0. The van der Waals surface area contributed by atoms with Crippen LogP contribution in [0.4, 0.5) is 0 Å². The van der Waals surface area contributed by atoms with Gasteiger partial charge in [-0.2, -0.15) is 13.1 Å². The molecule has 4 atom stereocenters. The minimum absolute atomic E-state index is 0.323. The third-order valence-electron chi connectivity index (χ3n) is 10.7. The standard InChI is InChI=1S/C42H41N5O6S/c1-41(2)52-37-35(25-50-54(48,49)46-42(31-16-6-3-7-17-31,32-18-8-4-9-19-32)33-20-10-5-11-21-33)51-40(38(37)53-41)47-27-45-36-34(43-26-44-39(36)47)24-28-22-29-14-12-13-15-30(29)23-28/h3-21,26-28,35,37-38,40,46H,22-25H2,1-2H3/t35-,37-,38-,40+/m1/s1. The first kappa shape index (κ1) is 34.9. The Labute approximate surface area is 314 Å². The lowest BCUT2D eigenvalue weighted by atomic mass is 9.78. The second kappa shape index (κ2) is 13.8. The lowest BCUT2D eigenvalue weighted by Crippen LogP contribution is -2.49. The van der Waals surface area contributed by atoms with Gasteiger partial charge in [-0.1, -0.05) is 115 Å². The zero-order chi connectivity index (χ0) is 36.9. The lowest BCUT2D eigenvalue weighted by Gasteiger charge is -2.36. The largest absolute Gasteiger partial charge is 0.347 e. The van der Waals surface area contributed by atoms with Gasteiger partial charge >= 0.3 is 10.3 Å². The fourth-order valence-corrected chi connectivity index (χ4v) is 9.54. The van der Waals surface area contributed by atoms with E-state index in [0.717, 1.165) is 41.6 Å². The molecule has 54 heavy (non-hydrogen) atoms. The van der Waals surface area contributed by atoms with Crippen molar-refractivity contribution >= 4 is 21.5 Å². The van der Waals surface area contributed by atoms with E-state index >= 15 is 0 Å². The second-order valence-corrected chi connectivity index (χ2v) is 16.1. The summed E-state index contributed by atoms with van der Waals surface area (Å²) in [4.78, 5) is 14.0. The van der Waals surface area contributed by atoms with Crippen molar-refractivity contribution in [3.05, 3.63) is 161 Å². The molecule has 1 N–H and O–H groups in total. The van der Waals surface area contributed by atoms with E-state index in [1.165, 1.54) is 11.1 Å². The zero-order valence-corrected chi connectivity index (χ0v) is 30.8. The van der Waals surface area contributed by atoms with Crippen LogP contribution in [-0.2, 0) is 53.5 Å². The van der Waals surface area contributed by atoms with Crippen LogP contribution in [-0.4, -0.2) is 58.6 Å². The molecule has 0 spiro atoms. The molecule has 0 saturated carbocycles. The molecule has 12 heteroatoms. The summed E-state index contributed by atoms with van der Waals surface area (Å²) < 4.78 is 58.3. The van der Waals surface area contributed by atoms with E-state index in [-0.39, 0.29) is 6.61 Å². The number of imidazole rings is 1. The maximum atomic E-state index is 14.2. The van der Waals surface area contributed by atoms with Gasteiger partial charge in [0.2, 0.25) is 0 Å². The number of aromatic nitrogens is 4. The molecule has 0 unspecified atom stereocenters. The Hall–Kier alpha value is -4.82. The highest BCUT2D eigenvalue weighted by atomic mass is 32.2. The maximum absolute atomic E-state index is 14.2. The molecule has 2 aromatic heterocycles. The average Bonchev–Trinajstić information content (AvgIpc) is 3.95. The van der Waals surface area contributed by atoms with Gasteiger partial charge in [0.05, 0.1) is 18.6 Å². The number of rotatable bonds is 11. The van der Waals surface area contributed by atoms with E-state index in [9.17, 15) is 8.42 Å². The van der Waals surface area contributed by atoms with Crippen molar-refractivity contribution in [3.63, 3.8) is 0 Å². The number of ether oxygens (including phenoxy) is 3. The Morgan fingerprint density at radius 3 is 1.93 bits per heavy atom. The lowest BCUT2D eigenvalue weighted by molar-refractivity contribution is -0.198. The summed E-state index contributed by atoms with van der Waals surface area (Å²) in [6, 6.07) is 37.0. The molecule has 4 aromatic carbocycles. The van der Waals surface area contributed by atoms with Gasteiger partial charge in [0, 0.05) is 0 Å². The van der Waals surface area contributed by atoms with E-state index in [1.807, 2.05) is 109 Å². The van der Waals surface area contributed by atoms with E-state index < -0.39 is 46.2 Å². The molecule has 0 amide bonds. The maximum Gasteiger partial charge on any atom is 0.337 e. The third-order valence-corrected chi connectivity index (χ3v) is 11.7. The van der Waals surface area contributed by atoms with Gasteiger partial charge in [-0.3, -0.25) is 8.75 Å². The van der Waals surface area contributed by atoms with Crippen LogP contribution in [0.1, 0.15) is 53.6 Å². The molecule has 2 fully saturated rings. The highest BCUT2D eigenvalue weighted by Crippen LogP contribution is 2.44. The van der Waals surface area contributed by atoms with Gasteiger partial charge in [-0.05, 0) is 66.8 Å². The number of benzene rings is 4. The molecule has 2 saturated heterocycles. The molecule has 9 rings (SSSR count). The fraction of sp³-hybridized carbons (Fsp3) is 0.310. The molecule has 0 bridgehead atoms. The van der Waals surface area contributed by atoms with Crippen LogP contribution >= 0.6 is 0 Å². The van der Waals surface area contributed by atoms with Gasteiger partial charge in [0.25, 0.3) is 0 Å². The van der Waals surface area contributed by atoms with E-state index in [0.29, 0.717) is 17.1 Å². The Morgan fingerprint density at radius 2 is 1.33 bits per heavy atom. The van der Waals surface area contributed by atoms with Crippen molar-refractivity contribution in [2.75, 3.05) is 6.61 Å². The van der Waals surface area contributed by atoms with E-state index in [1.54, 1.807) is 12.7 Å². The summed E-state index contributed by atoms with van der Waals surface area (Å²) in [6.45, 7) is 3.34. The van der Waals surface area contributed by atoms with Crippen LogP contribution in [0.25, 0.3) is 11.2 Å². The molecule has 2 aliphatic heterocycles. The first-order valence-corrected chi connectivity index (χ1v) is 19.7. The smallest absolute Gasteiger partial charge is 0.337 e. The first-order chi connectivity index (χ1) is 26.2. The minimum Gasteiger partial charge on any atom is -0.347 e. The Morgan fingerprint density at radius 1 is 0.778 bits per heavy atom. The highest BCUT2D eigenvalue weighted by molar-refractivity contribution is 7.84. The van der Waals surface area contributed by atoms with Gasteiger partial charge < -0.3 is 14.2 Å². The van der Waals surface area contributed by atoms with Gasteiger partial charge in [-0.25, -0.2) is 15.0 Å². The van der Waals surface area contributed by atoms with Crippen molar-refractivity contribution < 1.29 is 26.8 Å². The van der Waals surface area contributed by atoms with Crippen LogP contribution < -0.4 is 4.72 Å². The Bertz CT molecular complexity index is 2250. The predicted molar refractivity (Wildman–Crippen MR) is 201 cm³/mol. The Kier molecular flexibility index (Phi) is 8.92. The molecule has 1 aliphatic carbocycles.